The lowest BCUT2D eigenvalue weighted by Crippen LogP contribution is -2.29. The molecule has 80 valence electrons. The molecule has 0 saturated heterocycles. The highest BCUT2D eigenvalue weighted by atomic mass is 35.5. The lowest BCUT2D eigenvalue weighted by atomic mass is 10.1. The van der Waals surface area contributed by atoms with Gasteiger partial charge in [-0.25, -0.2) is 8.78 Å². The van der Waals surface area contributed by atoms with Crippen molar-refractivity contribution in [3.05, 3.63) is 34.4 Å². The van der Waals surface area contributed by atoms with Crippen LogP contribution < -0.4 is 5.32 Å². The Balaban J connectivity index is 2.48. The molecule has 1 aliphatic rings. The van der Waals surface area contributed by atoms with Crippen LogP contribution in [-0.2, 0) is 0 Å². The average molecular weight is 231 g/mol. The Bertz CT molecular complexity index is 432. The van der Waals surface area contributed by atoms with Crippen molar-refractivity contribution in [2.24, 2.45) is 4.99 Å². The maximum atomic E-state index is 13.5. The van der Waals surface area contributed by atoms with Crippen LogP contribution in [0.4, 0.5) is 8.78 Å². The van der Waals surface area contributed by atoms with Gasteiger partial charge in [0.05, 0.1) is 17.1 Å². The molecule has 0 bridgehead atoms. The van der Waals surface area contributed by atoms with Crippen LogP contribution in [0.25, 0.3) is 0 Å². The van der Waals surface area contributed by atoms with Crippen LogP contribution in [0.3, 0.4) is 0 Å². The van der Waals surface area contributed by atoms with Crippen LogP contribution in [0.15, 0.2) is 17.1 Å². The molecule has 1 N–H and O–H groups in total. The molecule has 0 saturated carbocycles. The fraction of sp³-hybridized carbons (Fsp3) is 0.300. The van der Waals surface area contributed by atoms with Crippen LogP contribution in [-0.4, -0.2) is 18.4 Å². The summed E-state index contributed by atoms with van der Waals surface area (Å²) in [5.41, 5.74) is -0.174. The molecule has 0 amide bonds. The number of aliphatic imine (C=N–C) groups is 1. The lowest BCUT2D eigenvalue weighted by molar-refractivity contribution is 0.577. The van der Waals surface area contributed by atoms with Gasteiger partial charge in [0.15, 0.2) is 5.82 Å². The Hall–Kier alpha value is -1.16. The molecule has 1 aliphatic heterocycles. The summed E-state index contributed by atoms with van der Waals surface area (Å²) in [5.74, 6) is -1.19. The Morgan fingerprint density at radius 2 is 2.20 bits per heavy atom. The van der Waals surface area contributed by atoms with E-state index in [9.17, 15) is 8.78 Å². The Morgan fingerprint density at radius 1 is 1.47 bits per heavy atom. The summed E-state index contributed by atoms with van der Waals surface area (Å²) in [6, 6.07) is 2.42. The summed E-state index contributed by atoms with van der Waals surface area (Å²) in [5, 5.41) is 2.79. The molecule has 2 rings (SSSR count). The summed E-state index contributed by atoms with van der Waals surface area (Å²) in [6.45, 7) is 2.40. The highest BCUT2D eigenvalue weighted by Gasteiger charge is 2.22. The van der Waals surface area contributed by atoms with Crippen molar-refractivity contribution >= 4 is 17.4 Å². The number of hydrogen-bond donors (Lipinski definition) is 1. The number of halogens is 3. The van der Waals surface area contributed by atoms with Gasteiger partial charge < -0.3 is 5.32 Å². The first kappa shape index (κ1) is 10.4. The molecule has 2 nitrogen and oxygen atoms in total. The van der Waals surface area contributed by atoms with E-state index in [4.69, 9.17) is 11.6 Å². The first-order valence-corrected chi connectivity index (χ1v) is 4.92. The van der Waals surface area contributed by atoms with E-state index in [1.807, 2.05) is 6.92 Å². The van der Waals surface area contributed by atoms with E-state index in [1.54, 1.807) is 0 Å². The van der Waals surface area contributed by atoms with Gasteiger partial charge in [0.2, 0.25) is 0 Å². The minimum atomic E-state index is -0.767. The molecular weight excluding hydrogens is 222 g/mol. The summed E-state index contributed by atoms with van der Waals surface area (Å²) in [7, 11) is 0. The molecule has 1 heterocycles. The molecule has 0 fully saturated rings. The summed E-state index contributed by atoms with van der Waals surface area (Å²) < 4.78 is 26.9. The molecule has 1 atom stereocenters. The van der Waals surface area contributed by atoms with E-state index >= 15 is 0 Å². The van der Waals surface area contributed by atoms with Gasteiger partial charge in [0.25, 0.3) is 0 Å². The van der Waals surface area contributed by atoms with Gasteiger partial charge in [-0.3, -0.25) is 4.99 Å². The zero-order chi connectivity index (χ0) is 11.0. The molecular formula is C10H9ClF2N2. The summed E-state index contributed by atoms with van der Waals surface area (Å²) >= 11 is 5.58. The first-order chi connectivity index (χ1) is 7.09. The Labute approximate surface area is 91.0 Å². The minimum absolute atomic E-state index is 0.0952. The molecule has 0 spiro atoms. The third-order valence-corrected chi connectivity index (χ3v) is 2.48. The van der Waals surface area contributed by atoms with Crippen LogP contribution in [0, 0.1) is 11.6 Å². The van der Waals surface area contributed by atoms with E-state index in [0.717, 1.165) is 6.07 Å². The smallest absolute Gasteiger partial charge is 0.155 e. The van der Waals surface area contributed by atoms with E-state index in [2.05, 4.69) is 10.3 Å². The fourth-order valence-electron chi connectivity index (χ4n) is 1.45. The molecule has 1 aromatic carbocycles. The predicted molar refractivity (Wildman–Crippen MR) is 55.4 cm³/mol. The standard InChI is InChI=1S/C10H9ClF2N2/c1-5-4-14-10(15-5)8-7(12)3-2-6(11)9(8)13/h2-3,5H,4H2,1H3,(H,14,15). The Morgan fingerprint density at radius 3 is 2.80 bits per heavy atom. The quantitative estimate of drug-likeness (QED) is 0.736. The van der Waals surface area contributed by atoms with Crippen LogP contribution in [0.2, 0.25) is 5.02 Å². The van der Waals surface area contributed by atoms with E-state index in [-0.39, 0.29) is 22.5 Å². The second kappa shape index (κ2) is 3.77. The number of nitrogens with one attached hydrogen (secondary N) is 1. The van der Waals surface area contributed by atoms with Crippen LogP contribution in [0.1, 0.15) is 12.5 Å². The van der Waals surface area contributed by atoms with E-state index < -0.39 is 11.6 Å². The molecule has 1 aromatic rings. The van der Waals surface area contributed by atoms with Crippen LogP contribution in [0.5, 0.6) is 0 Å². The predicted octanol–water partition coefficient (Wildman–Crippen LogP) is 2.36. The van der Waals surface area contributed by atoms with Gasteiger partial charge in [0.1, 0.15) is 11.7 Å². The SMILES string of the molecule is CC1CN=C(c2c(F)ccc(Cl)c2F)N1. The van der Waals surface area contributed by atoms with E-state index in [1.165, 1.54) is 6.07 Å². The number of nitrogens with zero attached hydrogens (tertiary/aromatic N) is 1. The third-order valence-electron chi connectivity index (χ3n) is 2.19. The largest absolute Gasteiger partial charge is 0.365 e. The molecule has 5 heteroatoms. The fourth-order valence-corrected chi connectivity index (χ4v) is 1.61. The van der Waals surface area contributed by atoms with Crippen molar-refractivity contribution in [2.75, 3.05) is 6.54 Å². The van der Waals surface area contributed by atoms with E-state index in [0.29, 0.717) is 6.54 Å². The maximum Gasteiger partial charge on any atom is 0.155 e. The normalized spacial score (nSPS) is 20.0. The number of benzene rings is 1. The zero-order valence-electron chi connectivity index (χ0n) is 8.02. The van der Waals surface area contributed by atoms with Crippen molar-refractivity contribution in [1.82, 2.24) is 5.32 Å². The van der Waals surface area contributed by atoms with Gasteiger partial charge in [-0.05, 0) is 19.1 Å². The van der Waals surface area contributed by atoms with Gasteiger partial charge in [-0.15, -0.1) is 0 Å². The van der Waals surface area contributed by atoms with Crippen molar-refractivity contribution in [3.8, 4) is 0 Å². The van der Waals surface area contributed by atoms with Crippen molar-refractivity contribution < 1.29 is 8.78 Å². The molecule has 0 aliphatic carbocycles. The van der Waals surface area contributed by atoms with Crippen molar-refractivity contribution in [3.63, 3.8) is 0 Å². The van der Waals surface area contributed by atoms with Gasteiger partial charge in [-0.2, -0.15) is 0 Å². The topological polar surface area (TPSA) is 24.4 Å². The van der Waals surface area contributed by atoms with Crippen molar-refractivity contribution in [2.45, 2.75) is 13.0 Å². The monoisotopic (exact) mass is 230 g/mol. The highest BCUT2D eigenvalue weighted by molar-refractivity contribution is 6.31. The summed E-state index contributed by atoms with van der Waals surface area (Å²) in [6.07, 6.45) is 0. The molecule has 0 radical (unpaired) electrons. The first-order valence-electron chi connectivity index (χ1n) is 4.54. The minimum Gasteiger partial charge on any atom is -0.365 e. The second-order valence-corrected chi connectivity index (χ2v) is 3.86. The molecule has 0 aromatic heterocycles. The highest BCUT2D eigenvalue weighted by Crippen LogP contribution is 2.22. The number of hydrogen-bond acceptors (Lipinski definition) is 2. The van der Waals surface area contributed by atoms with Gasteiger partial charge in [0, 0.05) is 6.04 Å². The van der Waals surface area contributed by atoms with Gasteiger partial charge >= 0.3 is 0 Å². The lowest BCUT2D eigenvalue weighted by Gasteiger charge is -2.08. The van der Waals surface area contributed by atoms with Gasteiger partial charge in [-0.1, -0.05) is 11.6 Å². The molecule has 1 unspecified atom stereocenters. The van der Waals surface area contributed by atoms with Crippen molar-refractivity contribution in [1.29, 1.82) is 0 Å². The summed E-state index contributed by atoms with van der Waals surface area (Å²) in [4.78, 5) is 4.02. The number of rotatable bonds is 1. The maximum absolute atomic E-state index is 13.5. The third kappa shape index (κ3) is 1.81. The Kier molecular flexibility index (Phi) is 2.61. The molecule has 15 heavy (non-hydrogen) atoms. The van der Waals surface area contributed by atoms with Crippen LogP contribution >= 0.6 is 11.6 Å². The average Bonchev–Trinajstić information content (AvgIpc) is 2.59. The second-order valence-electron chi connectivity index (χ2n) is 3.45. The number of amidine groups is 1. The zero-order valence-corrected chi connectivity index (χ0v) is 8.78.